The first kappa shape index (κ1) is 17.5. The Hall–Kier alpha value is -1.88. The molecule has 2 atom stereocenters. The van der Waals surface area contributed by atoms with E-state index in [1.54, 1.807) is 6.07 Å². The van der Waals surface area contributed by atoms with Gasteiger partial charge in [-0.2, -0.15) is 0 Å². The molecule has 0 saturated carbocycles. The SMILES string of the molecule is Cc1cccc(C(=O)N[C@H](C(=O)NC[C@@H]2CCCO2)C(C)C)c1. The van der Waals surface area contributed by atoms with Crippen molar-refractivity contribution < 1.29 is 14.3 Å². The molecule has 1 saturated heterocycles. The first-order valence-electron chi connectivity index (χ1n) is 8.24. The molecule has 1 fully saturated rings. The van der Waals surface area contributed by atoms with Gasteiger partial charge in [0.05, 0.1) is 6.10 Å². The smallest absolute Gasteiger partial charge is 0.251 e. The number of nitrogens with one attached hydrogen (secondary N) is 2. The van der Waals surface area contributed by atoms with Crippen LogP contribution < -0.4 is 10.6 Å². The predicted octanol–water partition coefficient (Wildman–Crippen LogP) is 2.04. The van der Waals surface area contributed by atoms with Crippen molar-refractivity contribution in [3.05, 3.63) is 35.4 Å². The van der Waals surface area contributed by atoms with E-state index in [0.29, 0.717) is 12.1 Å². The molecular formula is C18H26N2O3. The number of hydrogen-bond acceptors (Lipinski definition) is 3. The van der Waals surface area contributed by atoms with E-state index < -0.39 is 6.04 Å². The summed E-state index contributed by atoms with van der Waals surface area (Å²) < 4.78 is 5.51. The summed E-state index contributed by atoms with van der Waals surface area (Å²) in [6.07, 6.45) is 2.11. The lowest BCUT2D eigenvalue weighted by molar-refractivity contribution is -0.124. The summed E-state index contributed by atoms with van der Waals surface area (Å²) in [6.45, 7) is 7.05. The molecule has 0 aliphatic carbocycles. The molecule has 5 heteroatoms. The molecule has 126 valence electrons. The Labute approximate surface area is 137 Å². The first-order chi connectivity index (χ1) is 11.0. The van der Waals surface area contributed by atoms with Crippen molar-refractivity contribution in [2.45, 2.75) is 45.8 Å². The zero-order chi connectivity index (χ0) is 16.8. The molecule has 2 N–H and O–H groups in total. The normalized spacial score (nSPS) is 18.7. The number of hydrogen-bond donors (Lipinski definition) is 2. The van der Waals surface area contributed by atoms with Crippen molar-refractivity contribution in [2.75, 3.05) is 13.2 Å². The molecular weight excluding hydrogens is 292 g/mol. The van der Waals surface area contributed by atoms with Crippen molar-refractivity contribution in [3.63, 3.8) is 0 Å². The zero-order valence-corrected chi connectivity index (χ0v) is 14.1. The van der Waals surface area contributed by atoms with E-state index in [1.807, 2.05) is 39.0 Å². The van der Waals surface area contributed by atoms with Crippen LogP contribution in [0.25, 0.3) is 0 Å². The highest BCUT2D eigenvalue weighted by Crippen LogP contribution is 2.11. The Morgan fingerprint density at radius 1 is 1.35 bits per heavy atom. The van der Waals surface area contributed by atoms with Crippen LogP contribution in [-0.2, 0) is 9.53 Å². The van der Waals surface area contributed by atoms with Gasteiger partial charge in [0, 0.05) is 18.7 Å². The largest absolute Gasteiger partial charge is 0.376 e. The summed E-state index contributed by atoms with van der Waals surface area (Å²) in [5, 5.41) is 5.74. The zero-order valence-electron chi connectivity index (χ0n) is 14.1. The number of carbonyl (C=O) groups is 2. The van der Waals surface area contributed by atoms with Gasteiger partial charge in [-0.15, -0.1) is 0 Å². The molecule has 0 unspecified atom stereocenters. The van der Waals surface area contributed by atoms with Crippen molar-refractivity contribution in [1.82, 2.24) is 10.6 Å². The van der Waals surface area contributed by atoms with Crippen LogP contribution in [0.2, 0.25) is 0 Å². The second-order valence-electron chi connectivity index (χ2n) is 6.44. The van der Waals surface area contributed by atoms with Crippen molar-refractivity contribution >= 4 is 11.8 Å². The van der Waals surface area contributed by atoms with Crippen LogP contribution in [0.15, 0.2) is 24.3 Å². The van der Waals surface area contributed by atoms with E-state index in [4.69, 9.17) is 4.74 Å². The van der Waals surface area contributed by atoms with E-state index in [9.17, 15) is 9.59 Å². The predicted molar refractivity (Wildman–Crippen MR) is 89.3 cm³/mol. The summed E-state index contributed by atoms with van der Waals surface area (Å²) in [4.78, 5) is 24.8. The fraction of sp³-hybridized carbons (Fsp3) is 0.556. The average molecular weight is 318 g/mol. The number of aryl methyl sites for hydroxylation is 1. The van der Waals surface area contributed by atoms with Crippen molar-refractivity contribution in [2.24, 2.45) is 5.92 Å². The maximum absolute atomic E-state index is 12.4. The van der Waals surface area contributed by atoms with Gasteiger partial charge in [-0.25, -0.2) is 0 Å². The van der Waals surface area contributed by atoms with E-state index in [1.165, 1.54) is 0 Å². The van der Waals surface area contributed by atoms with Gasteiger partial charge < -0.3 is 15.4 Å². The molecule has 1 aromatic carbocycles. The maximum Gasteiger partial charge on any atom is 0.251 e. The van der Waals surface area contributed by atoms with Crippen molar-refractivity contribution in [3.8, 4) is 0 Å². The molecule has 5 nitrogen and oxygen atoms in total. The third-order valence-electron chi connectivity index (χ3n) is 4.04. The lowest BCUT2D eigenvalue weighted by atomic mass is 10.0. The topological polar surface area (TPSA) is 67.4 Å². The Morgan fingerprint density at radius 2 is 2.13 bits per heavy atom. The van der Waals surface area contributed by atoms with Gasteiger partial charge in [0.1, 0.15) is 6.04 Å². The van der Waals surface area contributed by atoms with E-state index in [2.05, 4.69) is 10.6 Å². The van der Waals surface area contributed by atoms with Gasteiger partial charge >= 0.3 is 0 Å². The summed E-state index contributed by atoms with van der Waals surface area (Å²) >= 11 is 0. The van der Waals surface area contributed by atoms with Gasteiger partial charge in [0.2, 0.25) is 5.91 Å². The Balaban J connectivity index is 1.94. The van der Waals surface area contributed by atoms with E-state index in [-0.39, 0.29) is 23.8 Å². The van der Waals surface area contributed by atoms with Crippen LogP contribution in [0.1, 0.15) is 42.6 Å². The van der Waals surface area contributed by atoms with Gasteiger partial charge in [-0.05, 0) is 37.8 Å². The number of ether oxygens (including phenoxy) is 1. The van der Waals surface area contributed by atoms with Crippen LogP contribution in [0.4, 0.5) is 0 Å². The van der Waals surface area contributed by atoms with Gasteiger partial charge in [-0.3, -0.25) is 9.59 Å². The summed E-state index contributed by atoms with van der Waals surface area (Å²) in [5.74, 6) is -0.371. The number of benzene rings is 1. The highest BCUT2D eigenvalue weighted by atomic mass is 16.5. The van der Waals surface area contributed by atoms with Crippen LogP contribution in [0.5, 0.6) is 0 Å². The molecule has 0 bridgehead atoms. The van der Waals surface area contributed by atoms with Gasteiger partial charge in [0.15, 0.2) is 0 Å². The van der Waals surface area contributed by atoms with Gasteiger partial charge in [0.25, 0.3) is 5.91 Å². The second-order valence-corrected chi connectivity index (χ2v) is 6.44. The molecule has 0 aromatic heterocycles. The lowest BCUT2D eigenvalue weighted by Crippen LogP contribution is -2.50. The average Bonchev–Trinajstić information content (AvgIpc) is 3.03. The minimum absolute atomic E-state index is 0.00764. The molecule has 1 aliphatic rings. The number of amides is 2. The Morgan fingerprint density at radius 3 is 2.74 bits per heavy atom. The van der Waals surface area contributed by atoms with Crippen LogP contribution >= 0.6 is 0 Å². The van der Waals surface area contributed by atoms with E-state index >= 15 is 0 Å². The minimum Gasteiger partial charge on any atom is -0.376 e. The molecule has 0 spiro atoms. The molecule has 2 rings (SSSR count). The highest BCUT2D eigenvalue weighted by molar-refractivity contribution is 5.97. The summed E-state index contributed by atoms with van der Waals surface area (Å²) in [5.41, 5.74) is 1.59. The lowest BCUT2D eigenvalue weighted by Gasteiger charge is -2.22. The molecule has 0 radical (unpaired) electrons. The Bertz CT molecular complexity index is 551. The maximum atomic E-state index is 12.4. The summed E-state index contributed by atoms with van der Waals surface area (Å²) in [6, 6.07) is 6.79. The molecule has 1 aromatic rings. The van der Waals surface area contributed by atoms with E-state index in [0.717, 1.165) is 25.0 Å². The monoisotopic (exact) mass is 318 g/mol. The minimum atomic E-state index is -0.551. The van der Waals surface area contributed by atoms with Gasteiger partial charge in [-0.1, -0.05) is 31.5 Å². The van der Waals surface area contributed by atoms with Crippen LogP contribution in [-0.4, -0.2) is 37.1 Å². The van der Waals surface area contributed by atoms with Crippen molar-refractivity contribution in [1.29, 1.82) is 0 Å². The number of carbonyl (C=O) groups excluding carboxylic acids is 2. The van der Waals surface area contributed by atoms with Crippen LogP contribution in [0.3, 0.4) is 0 Å². The fourth-order valence-corrected chi connectivity index (χ4v) is 2.68. The quantitative estimate of drug-likeness (QED) is 0.843. The molecule has 2 amide bonds. The molecule has 23 heavy (non-hydrogen) atoms. The third kappa shape index (κ3) is 5.06. The highest BCUT2D eigenvalue weighted by Gasteiger charge is 2.26. The Kier molecular flexibility index (Phi) is 6.16. The molecule has 1 aliphatic heterocycles. The number of rotatable bonds is 6. The fourth-order valence-electron chi connectivity index (χ4n) is 2.68. The second kappa shape index (κ2) is 8.11. The first-order valence-corrected chi connectivity index (χ1v) is 8.24. The summed E-state index contributed by atoms with van der Waals surface area (Å²) in [7, 11) is 0. The van der Waals surface area contributed by atoms with Crippen LogP contribution in [0, 0.1) is 12.8 Å². The standard InChI is InChI=1S/C18H26N2O3/c1-12(2)16(18(22)19-11-15-8-5-9-23-15)20-17(21)14-7-4-6-13(3)10-14/h4,6-7,10,12,15-16H,5,8-9,11H2,1-3H3,(H,19,22)(H,20,21)/t15-,16-/m0/s1. The molecule has 1 heterocycles. The third-order valence-corrected chi connectivity index (χ3v) is 4.04.